The minimum atomic E-state index is -0.243. The van der Waals surface area contributed by atoms with Crippen molar-refractivity contribution in [3.8, 4) is 0 Å². The fraction of sp³-hybridized carbons (Fsp3) is 0.182. The van der Waals surface area contributed by atoms with Gasteiger partial charge in [-0.3, -0.25) is 0 Å². The number of fused-ring (bicyclic) bond motifs is 1. The summed E-state index contributed by atoms with van der Waals surface area (Å²) >= 11 is 0. The van der Waals surface area contributed by atoms with Gasteiger partial charge in [-0.25, -0.2) is 0 Å². The summed E-state index contributed by atoms with van der Waals surface area (Å²) in [4.78, 5) is 3.22. The lowest BCUT2D eigenvalue weighted by Gasteiger charge is -2.05. The smallest absolute Gasteiger partial charge is 0.191 e. The van der Waals surface area contributed by atoms with Crippen molar-refractivity contribution in [3.63, 3.8) is 0 Å². The van der Waals surface area contributed by atoms with Crippen molar-refractivity contribution in [3.05, 3.63) is 41.9 Å². The van der Waals surface area contributed by atoms with E-state index in [4.69, 9.17) is 5.73 Å². The zero-order valence-electron chi connectivity index (χ0n) is 9.50. The van der Waals surface area contributed by atoms with Gasteiger partial charge in [-0.1, -0.05) is 23.4 Å². The first-order valence-electron chi connectivity index (χ1n) is 5.38. The molecule has 0 aliphatic carbocycles. The van der Waals surface area contributed by atoms with E-state index in [9.17, 15) is 0 Å². The molecule has 0 saturated carbocycles. The van der Waals surface area contributed by atoms with Crippen LogP contribution in [0.4, 0.5) is 0 Å². The van der Waals surface area contributed by atoms with Gasteiger partial charge in [-0.05, 0) is 18.1 Å². The van der Waals surface area contributed by atoms with Crippen LogP contribution in [0, 0.1) is 0 Å². The maximum Gasteiger partial charge on any atom is 0.191 e. The van der Waals surface area contributed by atoms with Crippen molar-refractivity contribution in [2.24, 2.45) is 5.73 Å². The van der Waals surface area contributed by atoms with Crippen molar-refractivity contribution in [2.75, 3.05) is 0 Å². The average molecular weight is 265 g/mol. The van der Waals surface area contributed by atoms with E-state index in [0.717, 1.165) is 11.1 Å². The van der Waals surface area contributed by atoms with Crippen molar-refractivity contribution >= 4 is 23.3 Å². The maximum atomic E-state index is 6.02. The molecule has 94 valence electrons. The molecular weight excluding hydrogens is 252 g/mol. The number of hydrogen-bond donors (Lipinski definition) is 3. The van der Waals surface area contributed by atoms with Gasteiger partial charge >= 0.3 is 0 Å². The SMILES string of the molecule is Cl.N[C@@H](Cc1c[nH]c2ccccc12)c1nn[nH]n1. The molecule has 0 unspecified atom stereocenters. The van der Waals surface area contributed by atoms with Gasteiger partial charge in [-0.15, -0.1) is 22.6 Å². The minimum Gasteiger partial charge on any atom is -0.361 e. The Bertz CT molecular complexity index is 617. The molecule has 0 aliphatic rings. The molecule has 18 heavy (non-hydrogen) atoms. The Balaban J connectivity index is 0.00000120. The predicted octanol–water partition coefficient (Wildman–Crippen LogP) is 1.35. The van der Waals surface area contributed by atoms with E-state index in [1.54, 1.807) is 0 Å². The van der Waals surface area contributed by atoms with Crippen LogP contribution in [-0.2, 0) is 6.42 Å². The summed E-state index contributed by atoms with van der Waals surface area (Å²) in [6, 6.07) is 7.89. The van der Waals surface area contributed by atoms with Gasteiger partial charge in [0.25, 0.3) is 0 Å². The first-order chi connectivity index (χ1) is 8.34. The monoisotopic (exact) mass is 264 g/mol. The Kier molecular flexibility index (Phi) is 3.59. The number of rotatable bonds is 3. The summed E-state index contributed by atoms with van der Waals surface area (Å²) in [6.07, 6.45) is 2.66. The van der Waals surface area contributed by atoms with E-state index in [-0.39, 0.29) is 18.4 Å². The second-order valence-electron chi connectivity index (χ2n) is 3.94. The highest BCUT2D eigenvalue weighted by Gasteiger charge is 2.13. The van der Waals surface area contributed by atoms with Crippen LogP contribution in [0.25, 0.3) is 10.9 Å². The Morgan fingerprint density at radius 1 is 1.28 bits per heavy atom. The van der Waals surface area contributed by atoms with Gasteiger partial charge in [0, 0.05) is 17.1 Å². The van der Waals surface area contributed by atoms with E-state index in [0.29, 0.717) is 12.2 Å². The van der Waals surface area contributed by atoms with Crippen LogP contribution in [0.15, 0.2) is 30.5 Å². The van der Waals surface area contributed by atoms with Crippen molar-refractivity contribution in [2.45, 2.75) is 12.5 Å². The molecule has 0 amide bonds. The van der Waals surface area contributed by atoms with Crippen molar-refractivity contribution < 1.29 is 0 Å². The number of nitrogens with two attached hydrogens (primary N) is 1. The molecule has 1 aromatic carbocycles. The first-order valence-corrected chi connectivity index (χ1v) is 5.38. The third-order valence-corrected chi connectivity index (χ3v) is 2.81. The minimum absolute atomic E-state index is 0. The maximum absolute atomic E-state index is 6.02. The lowest BCUT2D eigenvalue weighted by atomic mass is 10.1. The quantitative estimate of drug-likeness (QED) is 0.665. The standard InChI is InChI=1S/C11H12N6.ClH/c12-9(11-14-16-17-15-11)5-7-6-13-10-4-2-1-3-8(7)10;/h1-4,6,9,13H,5,12H2,(H,14,15,16,17);1H/t9-;/m0./s1. The molecule has 4 N–H and O–H groups in total. The Morgan fingerprint density at radius 2 is 2.11 bits per heavy atom. The van der Waals surface area contributed by atoms with E-state index < -0.39 is 0 Å². The van der Waals surface area contributed by atoms with E-state index in [1.165, 1.54) is 5.39 Å². The normalized spacial score (nSPS) is 12.3. The first kappa shape index (κ1) is 12.5. The summed E-state index contributed by atoms with van der Waals surface area (Å²) in [5.74, 6) is 0.537. The number of aromatic amines is 2. The highest BCUT2D eigenvalue weighted by atomic mass is 35.5. The highest BCUT2D eigenvalue weighted by molar-refractivity contribution is 5.85. The van der Waals surface area contributed by atoms with Crippen molar-refractivity contribution in [1.29, 1.82) is 0 Å². The van der Waals surface area contributed by atoms with Crippen LogP contribution < -0.4 is 5.73 Å². The lowest BCUT2D eigenvalue weighted by molar-refractivity contribution is 0.671. The largest absolute Gasteiger partial charge is 0.361 e. The molecule has 0 bridgehead atoms. The van der Waals surface area contributed by atoms with Crippen LogP contribution >= 0.6 is 12.4 Å². The fourth-order valence-electron chi connectivity index (χ4n) is 1.96. The topological polar surface area (TPSA) is 96.3 Å². The second kappa shape index (κ2) is 5.16. The number of nitrogens with zero attached hydrogens (tertiary/aromatic N) is 3. The van der Waals surface area contributed by atoms with Crippen molar-refractivity contribution in [1.82, 2.24) is 25.6 Å². The second-order valence-corrected chi connectivity index (χ2v) is 3.94. The van der Waals surface area contributed by atoms with E-state index >= 15 is 0 Å². The number of aromatic nitrogens is 5. The summed E-state index contributed by atoms with van der Waals surface area (Å²) in [6.45, 7) is 0. The van der Waals surface area contributed by atoms with Gasteiger partial charge in [0.1, 0.15) is 0 Å². The number of benzene rings is 1. The summed E-state index contributed by atoms with van der Waals surface area (Å²) in [5, 5.41) is 14.9. The predicted molar refractivity (Wildman–Crippen MR) is 70.4 cm³/mol. The van der Waals surface area contributed by atoms with Crippen LogP contribution in [0.1, 0.15) is 17.4 Å². The molecule has 0 spiro atoms. The summed E-state index contributed by atoms with van der Waals surface area (Å²) in [7, 11) is 0. The number of nitrogens with one attached hydrogen (secondary N) is 2. The molecule has 0 fully saturated rings. The third kappa shape index (κ3) is 2.20. The van der Waals surface area contributed by atoms with Gasteiger partial charge in [-0.2, -0.15) is 5.21 Å². The zero-order valence-corrected chi connectivity index (χ0v) is 10.3. The van der Waals surface area contributed by atoms with Gasteiger partial charge in [0.15, 0.2) is 5.82 Å². The lowest BCUT2D eigenvalue weighted by Crippen LogP contribution is -2.15. The van der Waals surface area contributed by atoms with E-state index in [1.807, 2.05) is 24.4 Å². The molecular formula is C11H13ClN6. The molecule has 0 aliphatic heterocycles. The molecule has 3 rings (SSSR count). The van der Waals surface area contributed by atoms with Gasteiger partial charge in [0.2, 0.25) is 0 Å². The molecule has 0 saturated heterocycles. The fourth-order valence-corrected chi connectivity index (χ4v) is 1.96. The molecule has 1 atom stereocenters. The molecule has 3 aromatic rings. The highest BCUT2D eigenvalue weighted by Crippen LogP contribution is 2.21. The van der Waals surface area contributed by atoms with E-state index in [2.05, 4.69) is 31.7 Å². The Morgan fingerprint density at radius 3 is 2.89 bits per heavy atom. The number of H-pyrrole nitrogens is 2. The molecule has 2 heterocycles. The molecule has 0 radical (unpaired) electrons. The molecule has 7 heteroatoms. The number of hydrogen-bond acceptors (Lipinski definition) is 4. The Hall–Kier alpha value is -1.92. The molecule has 6 nitrogen and oxygen atoms in total. The number of para-hydroxylation sites is 1. The third-order valence-electron chi connectivity index (χ3n) is 2.81. The zero-order chi connectivity index (χ0) is 11.7. The van der Waals surface area contributed by atoms with Crippen LogP contribution in [0.3, 0.4) is 0 Å². The Labute approximate surface area is 109 Å². The van der Waals surface area contributed by atoms with Gasteiger partial charge < -0.3 is 10.7 Å². The number of halogens is 1. The van der Waals surface area contributed by atoms with Crippen LogP contribution in [0.5, 0.6) is 0 Å². The number of tetrazole rings is 1. The summed E-state index contributed by atoms with van der Waals surface area (Å²) in [5.41, 5.74) is 8.30. The average Bonchev–Trinajstić information content (AvgIpc) is 2.98. The molecule has 2 aromatic heterocycles. The summed E-state index contributed by atoms with van der Waals surface area (Å²) < 4.78 is 0. The van der Waals surface area contributed by atoms with Gasteiger partial charge in [0.05, 0.1) is 6.04 Å². The van der Waals surface area contributed by atoms with Crippen LogP contribution in [-0.4, -0.2) is 25.6 Å². The van der Waals surface area contributed by atoms with Crippen LogP contribution in [0.2, 0.25) is 0 Å².